The summed E-state index contributed by atoms with van der Waals surface area (Å²) in [5.74, 6) is 0.437. The second-order valence-corrected chi connectivity index (χ2v) is 5.07. The van der Waals surface area contributed by atoms with Crippen LogP contribution in [-0.2, 0) is 15.9 Å². The molecule has 1 N–H and O–H groups in total. The van der Waals surface area contributed by atoms with E-state index in [-0.39, 0.29) is 24.2 Å². The Labute approximate surface area is 109 Å². The summed E-state index contributed by atoms with van der Waals surface area (Å²) in [6, 6.07) is 10.3. The van der Waals surface area contributed by atoms with Crippen LogP contribution in [0.1, 0.15) is 19.4 Å². The zero-order valence-corrected chi connectivity index (χ0v) is 11.1. The normalized spacial score (nSPS) is 29.4. The van der Waals surface area contributed by atoms with Crippen molar-refractivity contribution in [3.63, 3.8) is 0 Å². The van der Waals surface area contributed by atoms with E-state index in [1.165, 1.54) is 5.56 Å². The topological polar surface area (TPSA) is 38.7 Å². The number of rotatable bonds is 5. The molecule has 1 aliphatic heterocycles. The van der Waals surface area contributed by atoms with E-state index in [2.05, 4.69) is 19.1 Å². The highest BCUT2D eigenvalue weighted by Crippen LogP contribution is 2.29. The second-order valence-electron chi connectivity index (χ2n) is 5.07. The summed E-state index contributed by atoms with van der Waals surface area (Å²) in [5, 5.41) is 9.61. The first-order chi connectivity index (χ1) is 8.68. The van der Waals surface area contributed by atoms with Crippen LogP contribution in [0.3, 0.4) is 0 Å². The standard InChI is InChI=1S/C15H22O3/c1-11-14(12(2)16)10-18-15(11)17-9-8-13-6-4-3-5-7-13/h3-7,11-12,14-16H,8-10H2,1-2H3/t11-,12+,14+,15-/m1/s1. The van der Waals surface area contributed by atoms with Crippen molar-refractivity contribution in [3.05, 3.63) is 35.9 Å². The molecule has 0 radical (unpaired) electrons. The van der Waals surface area contributed by atoms with Gasteiger partial charge in [0.1, 0.15) is 0 Å². The molecule has 2 rings (SSSR count). The molecule has 1 aliphatic rings. The van der Waals surface area contributed by atoms with Crippen molar-refractivity contribution in [3.8, 4) is 0 Å². The molecule has 0 saturated carbocycles. The molecule has 0 bridgehead atoms. The van der Waals surface area contributed by atoms with Crippen LogP contribution in [0.5, 0.6) is 0 Å². The van der Waals surface area contributed by atoms with Crippen LogP contribution in [0.4, 0.5) is 0 Å². The Morgan fingerprint density at radius 3 is 2.72 bits per heavy atom. The molecule has 1 aromatic rings. The lowest BCUT2D eigenvalue weighted by Gasteiger charge is -2.20. The first kappa shape index (κ1) is 13.5. The Kier molecular flexibility index (Phi) is 4.75. The molecule has 0 unspecified atom stereocenters. The maximum absolute atomic E-state index is 9.61. The number of ether oxygens (including phenoxy) is 2. The van der Waals surface area contributed by atoms with Gasteiger partial charge in [0.2, 0.25) is 0 Å². The van der Waals surface area contributed by atoms with Gasteiger partial charge in [-0.15, -0.1) is 0 Å². The summed E-state index contributed by atoms with van der Waals surface area (Å²) in [7, 11) is 0. The van der Waals surface area contributed by atoms with Crippen molar-refractivity contribution in [1.29, 1.82) is 0 Å². The smallest absolute Gasteiger partial charge is 0.160 e. The van der Waals surface area contributed by atoms with Gasteiger partial charge in [-0.25, -0.2) is 0 Å². The van der Waals surface area contributed by atoms with Crippen molar-refractivity contribution in [2.45, 2.75) is 32.7 Å². The molecule has 0 amide bonds. The molecular formula is C15H22O3. The molecule has 1 fully saturated rings. The lowest BCUT2D eigenvalue weighted by Crippen LogP contribution is -2.27. The highest BCUT2D eigenvalue weighted by molar-refractivity contribution is 5.14. The molecule has 1 heterocycles. The Morgan fingerprint density at radius 1 is 1.39 bits per heavy atom. The number of aliphatic hydroxyl groups excluding tert-OH is 1. The van der Waals surface area contributed by atoms with Gasteiger partial charge in [-0.1, -0.05) is 37.3 Å². The van der Waals surface area contributed by atoms with E-state index >= 15 is 0 Å². The molecule has 0 aliphatic carbocycles. The molecular weight excluding hydrogens is 228 g/mol. The van der Waals surface area contributed by atoms with Crippen molar-refractivity contribution >= 4 is 0 Å². The maximum atomic E-state index is 9.61. The van der Waals surface area contributed by atoms with Crippen LogP contribution in [0.15, 0.2) is 30.3 Å². The third-order valence-electron chi connectivity index (χ3n) is 3.69. The van der Waals surface area contributed by atoms with E-state index in [1.54, 1.807) is 0 Å². The minimum atomic E-state index is -0.331. The van der Waals surface area contributed by atoms with E-state index in [0.29, 0.717) is 13.2 Å². The van der Waals surface area contributed by atoms with E-state index in [9.17, 15) is 5.11 Å². The van der Waals surface area contributed by atoms with Gasteiger partial charge in [-0.2, -0.15) is 0 Å². The van der Waals surface area contributed by atoms with Crippen LogP contribution in [0.25, 0.3) is 0 Å². The monoisotopic (exact) mass is 250 g/mol. The summed E-state index contributed by atoms with van der Waals surface area (Å²) in [6.45, 7) is 5.15. The second kappa shape index (κ2) is 6.32. The van der Waals surface area contributed by atoms with Gasteiger partial charge in [0.05, 0.1) is 19.3 Å². The number of benzene rings is 1. The van der Waals surface area contributed by atoms with E-state index < -0.39 is 0 Å². The fourth-order valence-electron chi connectivity index (χ4n) is 2.43. The first-order valence-electron chi connectivity index (χ1n) is 6.63. The average molecular weight is 250 g/mol. The lowest BCUT2D eigenvalue weighted by atomic mass is 9.92. The van der Waals surface area contributed by atoms with Gasteiger partial charge in [-0.05, 0) is 18.9 Å². The predicted molar refractivity (Wildman–Crippen MR) is 70.2 cm³/mol. The van der Waals surface area contributed by atoms with Gasteiger partial charge in [0, 0.05) is 11.8 Å². The van der Waals surface area contributed by atoms with Crippen molar-refractivity contribution in [2.75, 3.05) is 13.2 Å². The minimum Gasteiger partial charge on any atom is -0.393 e. The van der Waals surface area contributed by atoms with Crippen molar-refractivity contribution < 1.29 is 14.6 Å². The fourth-order valence-corrected chi connectivity index (χ4v) is 2.43. The van der Waals surface area contributed by atoms with Gasteiger partial charge in [-0.3, -0.25) is 0 Å². The van der Waals surface area contributed by atoms with Gasteiger partial charge < -0.3 is 14.6 Å². The van der Waals surface area contributed by atoms with Crippen LogP contribution in [0.2, 0.25) is 0 Å². The van der Waals surface area contributed by atoms with Gasteiger partial charge in [0.25, 0.3) is 0 Å². The first-order valence-corrected chi connectivity index (χ1v) is 6.63. The summed E-state index contributed by atoms with van der Waals surface area (Å²) >= 11 is 0. The molecule has 0 spiro atoms. The maximum Gasteiger partial charge on any atom is 0.160 e. The third kappa shape index (κ3) is 3.31. The highest BCUT2D eigenvalue weighted by Gasteiger charge is 2.36. The summed E-state index contributed by atoms with van der Waals surface area (Å²) in [6.07, 6.45) is 0.392. The van der Waals surface area contributed by atoms with Crippen molar-refractivity contribution in [2.24, 2.45) is 11.8 Å². The van der Waals surface area contributed by atoms with E-state index in [4.69, 9.17) is 9.47 Å². The Bertz CT molecular complexity index is 350. The number of aliphatic hydroxyl groups is 1. The molecule has 1 aromatic carbocycles. The van der Waals surface area contributed by atoms with Crippen LogP contribution in [0, 0.1) is 11.8 Å². The molecule has 4 atom stereocenters. The SMILES string of the molecule is C[C@H]1[C@H](OCCc2ccccc2)OC[C@@H]1[C@H](C)O. The predicted octanol–water partition coefficient (Wildman–Crippen LogP) is 2.24. The molecule has 100 valence electrons. The minimum absolute atomic E-state index is 0.173. The highest BCUT2D eigenvalue weighted by atomic mass is 16.7. The number of hydrogen-bond donors (Lipinski definition) is 1. The molecule has 3 heteroatoms. The molecule has 3 nitrogen and oxygen atoms in total. The average Bonchev–Trinajstić information content (AvgIpc) is 2.73. The van der Waals surface area contributed by atoms with Gasteiger partial charge in [0.15, 0.2) is 6.29 Å². The van der Waals surface area contributed by atoms with E-state index in [0.717, 1.165) is 6.42 Å². The molecule has 1 saturated heterocycles. The van der Waals surface area contributed by atoms with Crippen molar-refractivity contribution in [1.82, 2.24) is 0 Å². The quantitative estimate of drug-likeness (QED) is 0.871. The largest absolute Gasteiger partial charge is 0.393 e. The van der Waals surface area contributed by atoms with E-state index in [1.807, 2.05) is 25.1 Å². The number of hydrogen-bond acceptors (Lipinski definition) is 3. The van der Waals surface area contributed by atoms with Crippen LogP contribution < -0.4 is 0 Å². The Hall–Kier alpha value is -0.900. The summed E-state index contributed by atoms with van der Waals surface area (Å²) in [5.41, 5.74) is 1.27. The Balaban J connectivity index is 1.75. The third-order valence-corrected chi connectivity index (χ3v) is 3.69. The Morgan fingerprint density at radius 2 is 2.11 bits per heavy atom. The fraction of sp³-hybridized carbons (Fsp3) is 0.600. The van der Waals surface area contributed by atoms with Gasteiger partial charge >= 0.3 is 0 Å². The summed E-state index contributed by atoms with van der Waals surface area (Å²) < 4.78 is 11.4. The summed E-state index contributed by atoms with van der Waals surface area (Å²) in [4.78, 5) is 0. The molecule has 18 heavy (non-hydrogen) atoms. The zero-order valence-electron chi connectivity index (χ0n) is 11.1. The zero-order chi connectivity index (χ0) is 13.0. The molecule has 0 aromatic heterocycles. The lowest BCUT2D eigenvalue weighted by molar-refractivity contribution is -0.127. The van der Waals surface area contributed by atoms with Crippen LogP contribution in [-0.4, -0.2) is 30.7 Å². The van der Waals surface area contributed by atoms with Crippen LogP contribution >= 0.6 is 0 Å².